The standard InChI is InChI=1S/C16H22N4/c1-12-6-5-7-15(19-12)11-20(4)16-10-14(8-9-18-16)13(2)17-3/h5-10,13,17H,11H2,1-4H3. The summed E-state index contributed by atoms with van der Waals surface area (Å²) in [4.78, 5) is 11.1. The maximum Gasteiger partial charge on any atom is 0.128 e. The molecule has 0 radical (unpaired) electrons. The summed E-state index contributed by atoms with van der Waals surface area (Å²) < 4.78 is 0. The van der Waals surface area contributed by atoms with Crippen molar-refractivity contribution < 1.29 is 0 Å². The minimum atomic E-state index is 0.322. The van der Waals surface area contributed by atoms with Gasteiger partial charge in [-0.3, -0.25) is 4.98 Å². The Morgan fingerprint density at radius 2 is 2.10 bits per heavy atom. The number of pyridine rings is 2. The van der Waals surface area contributed by atoms with Crippen LogP contribution < -0.4 is 10.2 Å². The molecule has 0 saturated heterocycles. The van der Waals surface area contributed by atoms with E-state index in [0.29, 0.717) is 6.04 Å². The van der Waals surface area contributed by atoms with E-state index in [2.05, 4.69) is 33.2 Å². The molecule has 2 aromatic heterocycles. The second-order valence-corrected chi connectivity index (χ2v) is 5.08. The molecule has 0 aromatic carbocycles. The zero-order chi connectivity index (χ0) is 14.5. The third kappa shape index (κ3) is 3.54. The Morgan fingerprint density at radius 3 is 2.80 bits per heavy atom. The molecule has 20 heavy (non-hydrogen) atoms. The summed E-state index contributed by atoms with van der Waals surface area (Å²) in [7, 11) is 4.01. The minimum absolute atomic E-state index is 0.322. The Balaban J connectivity index is 2.14. The van der Waals surface area contributed by atoms with Crippen molar-refractivity contribution in [1.82, 2.24) is 15.3 Å². The zero-order valence-corrected chi connectivity index (χ0v) is 12.6. The molecule has 0 fully saturated rings. The molecule has 0 aliphatic heterocycles. The van der Waals surface area contributed by atoms with Gasteiger partial charge in [0, 0.05) is 25.0 Å². The highest BCUT2D eigenvalue weighted by Gasteiger charge is 2.08. The predicted octanol–water partition coefficient (Wildman–Crippen LogP) is 2.70. The molecular formula is C16H22N4. The van der Waals surface area contributed by atoms with Crippen LogP contribution in [0.15, 0.2) is 36.5 Å². The number of aryl methyl sites for hydroxylation is 1. The zero-order valence-electron chi connectivity index (χ0n) is 12.6. The van der Waals surface area contributed by atoms with Gasteiger partial charge in [-0.2, -0.15) is 0 Å². The largest absolute Gasteiger partial charge is 0.354 e. The average molecular weight is 270 g/mol. The second-order valence-electron chi connectivity index (χ2n) is 5.08. The number of aromatic nitrogens is 2. The number of nitrogens with one attached hydrogen (secondary N) is 1. The van der Waals surface area contributed by atoms with E-state index in [0.717, 1.165) is 23.8 Å². The van der Waals surface area contributed by atoms with E-state index in [1.807, 2.05) is 51.5 Å². The molecule has 1 unspecified atom stereocenters. The first-order chi connectivity index (χ1) is 9.60. The van der Waals surface area contributed by atoms with Crippen LogP contribution in [0.5, 0.6) is 0 Å². The first-order valence-electron chi connectivity index (χ1n) is 6.87. The van der Waals surface area contributed by atoms with Gasteiger partial charge in [-0.05, 0) is 50.7 Å². The normalized spacial score (nSPS) is 12.2. The lowest BCUT2D eigenvalue weighted by Crippen LogP contribution is -2.19. The van der Waals surface area contributed by atoms with E-state index < -0.39 is 0 Å². The van der Waals surface area contributed by atoms with E-state index >= 15 is 0 Å². The van der Waals surface area contributed by atoms with Crippen molar-refractivity contribution >= 4 is 5.82 Å². The van der Waals surface area contributed by atoms with Crippen LogP contribution in [-0.2, 0) is 6.54 Å². The molecule has 2 aromatic rings. The maximum atomic E-state index is 4.53. The smallest absolute Gasteiger partial charge is 0.128 e. The third-order valence-corrected chi connectivity index (χ3v) is 3.44. The number of anilines is 1. The number of hydrogen-bond donors (Lipinski definition) is 1. The van der Waals surface area contributed by atoms with Crippen LogP contribution in [0, 0.1) is 6.92 Å². The summed E-state index contributed by atoms with van der Waals surface area (Å²) in [5.41, 5.74) is 3.34. The summed E-state index contributed by atoms with van der Waals surface area (Å²) in [5, 5.41) is 3.25. The molecule has 2 rings (SSSR count). The van der Waals surface area contributed by atoms with Gasteiger partial charge >= 0.3 is 0 Å². The topological polar surface area (TPSA) is 41.1 Å². The van der Waals surface area contributed by atoms with Gasteiger partial charge in [0.05, 0.1) is 12.2 Å². The van der Waals surface area contributed by atoms with Crippen molar-refractivity contribution in [3.63, 3.8) is 0 Å². The molecule has 4 heteroatoms. The van der Waals surface area contributed by atoms with Gasteiger partial charge in [-0.1, -0.05) is 6.07 Å². The van der Waals surface area contributed by atoms with Gasteiger partial charge in [-0.15, -0.1) is 0 Å². The van der Waals surface area contributed by atoms with E-state index in [-0.39, 0.29) is 0 Å². The lowest BCUT2D eigenvalue weighted by atomic mass is 10.1. The third-order valence-electron chi connectivity index (χ3n) is 3.44. The Kier molecular flexibility index (Phi) is 4.69. The minimum Gasteiger partial charge on any atom is -0.354 e. The molecule has 0 bridgehead atoms. The lowest BCUT2D eigenvalue weighted by molar-refractivity contribution is 0.651. The summed E-state index contributed by atoms with van der Waals surface area (Å²) in [5.74, 6) is 0.966. The summed E-state index contributed by atoms with van der Waals surface area (Å²) in [6.07, 6.45) is 1.86. The maximum absolute atomic E-state index is 4.53. The van der Waals surface area contributed by atoms with Crippen LogP contribution in [0.2, 0.25) is 0 Å². The van der Waals surface area contributed by atoms with Crippen molar-refractivity contribution in [2.24, 2.45) is 0 Å². The Morgan fingerprint density at radius 1 is 1.30 bits per heavy atom. The second kappa shape index (κ2) is 6.48. The number of nitrogens with zero attached hydrogens (tertiary/aromatic N) is 3. The molecule has 0 aliphatic rings. The predicted molar refractivity (Wildman–Crippen MR) is 82.8 cm³/mol. The Hall–Kier alpha value is -1.94. The molecular weight excluding hydrogens is 248 g/mol. The van der Waals surface area contributed by atoms with Crippen LogP contribution in [0.4, 0.5) is 5.82 Å². The summed E-state index contributed by atoms with van der Waals surface area (Å²) >= 11 is 0. The van der Waals surface area contributed by atoms with Crippen LogP contribution >= 0.6 is 0 Å². The molecule has 0 spiro atoms. The van der Waals surface area contributed by atoms with Crippen molar-refractivity contribution in [1.29, 1.82) is 0 Å². The van der Waals surface area contributed by atoms with Gasteiger partial charge in [0.15, 0.2) is 0 Å². The first-order valence-corrected chi connectivity index (χ1v) is 6.87. The Bertz CT molecular complexity index is 568. The van der Waals surface area contributed by atoms with Crippen molar-refractivity contribution in [3.8, 4) is 0 Å². The fraction of sp³-hybridized carbons (Fsp3) is 0.375. The van der Waals surface area contributed by atoms with Crippen LogP contribution in [0.1, 0.15) is 29.9 Å². The molecule has 0 amide bonds. The quantitative estimate of drug-likeness (QED) is 0.907. The highest BCUT2D eigenvalue weighted by atomic mass is 15.2. The van der Waals surface area contributed by atoms with Gasteiger partial charge in [0.25, 0.3) is 0 Å². The summed E-state index contributed by atoms with van der Waals surface area (Å²) in [6.45, 7) is 4.91. The van der Waals surface area contributed by atoms with Gasteiger partial charge < -0.3 is 10.2 Å². The van der Waals surface area contributed by atoms with Crippen molar-refractivity contribution in [3.05, 3.63) is 53.5 Å². The molecule has 1 N–H and O–H groups in total. The average Bonchev–Trinajstić information content (AvgIpc) is 2.46. The molecule has 106 valence electrons. The van der Waals surface area contributed by atoms with E-state index in [9.17, 15) is 0 Å². The lowest BCUT2D eigenvalue weighted by Gasteiger charge is -2.20. The molecule has 0 saturated carbocycles. The van der Waals surface area contributed by atoms with Crippen molar-refractivity contribution in [2.75, 3.05) is 19.0 Å². The van der Waals surface area contributed by atoms with Gasteiger partial charge in [0.1, 0.15) is 5.82 Å². The number of rotatable bonds is 5. The fourth-order valence-electron chi connectivity index (χ4n) is 2.09. The van der Waals surface area contributed by atoms with Crippen LogP contribution in [0.3, 0.4) is 0 Å². The Labute approximate surface area is 120 Å². The van der Waals surface area contributed by atoms with Gasteiger partial charge in [0.2, 0.25) is 0 Å². The monoisotopic (exact) mass is 270 g/mol. The molecule has 0 aliphatic carbocycles. The molecule has 2 heterocycles. The van der Waals surface area contributed by atoms with Crippen molar-refractivity contribution in [2.45, 2.75) is 26.4 Å². The van der Waals surface area contributed by atoms with E-state index in [1.165, 1.54) is 5.56 Å². The molecule has 1 atom stereocenters. The summed E-state index contributed by atoms with van der Waals surface area (Å²) in [6, 6.07) is 10.6. The molecule has 4 nitrogen and oxygen atoms in total. The van der Waals surface area contributed by atoms with Crippen LogP contribution in [-0.4, -0.2) is 24.1 Å². The highest BCUT2D eigenvalue weighted by molar-refractivity contribution is 5.41. The van der Waals surface area contributed by atoms with E-state index in [4.69, 9.17) is 0 Å². The van der Waals surface area contributed by atoms with E-state index in [1.54, 1.807) is 0 Å². The fourth-order valence-corrected chi connectivity index (χ4v) is 2.09. The highest BCUT2D eigenvalue weighted by Crippen LogP contribution is 2.18. The number of hydrogen-bond acceptors (Lipinski definition) is 4. The first kappa shape index (κ1) is 14.5. The SMILES string of the molecule is CNC(C)c1ccnc(N(C)Cc2cccc(C)n2)c1. The van der Waals surface area contributed by atoms with Crippen LogP contribution in [0.25, 0.3) is 0 Å². The van der Waals surface area contributed by atoms with Gasteiger partial charge in [-0.25, -0.2) is 4.98 Å².